The Kier molecular flexibility index (Phi) is 4.86. The highest BCUT2D eigenvalue weighted by molar-refractivity contribution is 6.10. The van der Waals surface area contributed by atoms with Crippen LogP contribution in [0.25, 0.3) is 0 Å². The highest BCUT2D eigenvalue weighted by Crippen LogP contribution is 2.46. The van der Waals surface area contributed by atoms with Gasteiger partial charge in [-0.25, -0.2) is 0 Å². The first-order valence-electron chi connectivity index (χ1n) is 10.3. The van der Waals surface area contributed by atoms with Crippen LogP contribution in [0.2, 0.25) is 0 Å². The fourth-order valence-corrected chi connectivity index (χ4v) is 4.37. The summed E-state index contributed by atoms with van der Waals surface area (Å²) in [5.41, 5.74) is 3.38. The Hall–Kier alpha value is -3.73. The molecule has 0 bridgehead atoms. The minimum Gasteiger partial charge on any atom is -0.493 e. The Morgan fingerprint density at radius 2 is 1.68 bits per heavy atom. The number of ketones is 1. The van der Waals surface area contributed by atoms with Crippen molar-refractivity contribution >= 4 is 11.5 Å². The lowest BCUT2D eigenvalue weighted by Crippen LogP contribution is -2.38. The van der Waals surface area contributed by atoms with Gasteiger partial charge in [0.05, 0.1) is 19.9 Å². The number of rotatable bonds is 5. The van der Waals surface area contributed by atoms with Gasteiger partial charge in [0.15, 0.2) is 23.5 Å². The maximum atomic E-state index is 13.7. The summed E-state index contributed by atoms with van der Waals surface area (Å²) in [5.74, 6) is 1.87. The Bertz CT molecular complexity index is 1160. The standard InChI is InChI=1S/C26H23NO4/c1-29-23-13-12-18(14-24(23)30-2)26(28)20-16-27-21-10-6-7-11-22(21)31-25(27)15-19(20)17-8-4-3-5-9-17/h3-14,16,19,25H,15H2,1-2H3/t19-,25+/m0/s1. The molecule has 5 heteroatoms. The summed E-state index contributed by atoms with van der Waals surface area (Å²) in [5, 5.41) is 0. The molecule has 0 saturated heterocycles. The number of benzene rings is 3. The van der Waals surface area contributed by atoms with Crippen LogP contribution in [-0.4, -0.2) is 26.2 Å². The molecule has 0 radical (unpaired) electrons. The van der Waals surface area contributed by atoms with Crippen LogP contribution < -0.4 is 19.1 Å². The average molecular weight is 413 g/mol. The Morgan fingerprint density at radius 3 is 2.45 bits per heavy atom. The fourth-order valence-electron chi connectivity index (χ4n) is 4.37. The lowest BCUT2D eigenvalue weighted by molar-refractivity contribution is 0.101. The van der Waals surface area contributed by atoms with Gasteiger partial charge in [0.2, 0.25) is 0 Å². The third-order valence-electron chi connectivity index (χ3n) is 5.92. The molecule has 0 amide bonds. The Labute approximate surface area is 181 Å². The van der Waals surface area contributed by atoms with Gasteiger partial charge >= 0.3 is 0 Å². The second kappa shape index (κ2) is 7.84. The molecule has 0 saturated carbocycles. The van der Waals surface area contributed by atoms with Crippen molar-refractivity contribution in [3.05, 3.63) is 95.7 Å². The molecule has 3 aromatic rings. The molecule has 2 aliphatic heterocycles. The predicted molar refractivity (Wildman–Crippen MR) is 119 cm³/mol. The molecule has 2 heterocycles. The van der Waals surface area contributed by atoms with E-state index >= 15 is 0 Å². The number of nitrogens with zero attached hydrogens (tertiary/aromatic N) is 1. The predicted octanol–water partition coefficient (Wildman–Crippen LogP) is 5.18. The van der Waals surface area contributed by atoms with Crippen molar-refractivity contribution in [3.63, 3.8) is 0 Å². The molecule has 2 aliphatic rings. The van der Waals surface area contributed by atoms with Crippen LogP contribution in [-0.2, 0) is 0 Å². The van der Waals surface area contributed by atoms with Crippen LogP contribution in [0.1, 0.15) is 28.3 Å². The van der Waals surface area contributed by atoms with E-state index in [1.807, 2.05) is 48.7 Å². The number of methoxy groups -OCH3 is 2. The normalized spacial score (nSPS) is 19.0. The van der Waals surface area contributed by atoms with Crippen molar-refractivity contribution in [1.29, 1.82) is 0 Å². The zero-order valence-corrected chi connectivity index (χ0v) is 17.4. The highest BCUT2D eigenvalue weighted by atomic mass is 16.5. The SMILES string of the molecule is COc1ccc(C(=O)C2=CN3c4ccccc4O[C@@H]3C[C@H]2c2ccccc2)cc1OC. The maximum absolute atomic E-state index is 13.7. The first kappa shape index (κ1) is 19.2. The molecule has 3 aromatic carbocycles. The van der Waals surface area contributed by atoms with Gasteiger partial charge in [-0.15, -0.1) is 0 Å². The number of Topliss-reactive ketones (excluding diaryl/α,β-unsaturated/α-hetero) is 1. The first-order chi connectivity index (χ1) is 15.2. The molecule has 2 atom stereocenters. The topological polar surface area (TPSA) is 48.0 Å². The number of carbonyl (C=O) groups is 1. The van der Waals surface area contributed by atoms with Gasteiger partial charge in [-0.05, 0) is 35.9 Å². The first-order valence-corrected chi connectivity index (χ1v) is 10.3. The summed E-state index contributed by atoms with van der Waals surface area (Å²) in [6.45, 7) is 0. The quantitative estimate of drug-likeness (QED) is 0.539. The van der Waals surface area contributed by atoms with Crippen LogP contribution in [0.4, 0.5) is 5.69 Å². The number of hydrogen-bond donors (Lipinski definition) is 0. The van der Waals surface area contributed by atoms with E-state index < -0.39 is 0 Å². The molecule has 5 rings (SSSR count). The van der Waals surface area contributed by atoms with Gasteiger partial charge in [-0.3, -0.25) is 4.79 Å². The van der Waals surface area contributed by atoms with Crippen molar-refractivity contribution in [2.24, 2.45) is 0 Å². The minimum atomic E-state index is -0.135. The van der Waals surface area contributed by atoms with Gasteiger partial charge in [-0.1, -0.05) is 42.5 Å². The maximum Gasteiger partial charge on any atom is 0.191 e. The van der Waals surface area contributed by atoms with Gasteiger partial charge in [0.25, 0.3) is 0 Å². The van der Waals surface area contributed by atoms with Gasteiger partial charge in [0, 0.05) is 29.7 Å². The molecule has 0 spiro atoms. The minimum absolute atomic E-state index is 0.0300. The molecule has 0 aromatic heterocycles. The molecule has 0 N–H and O–H groups in total. The van der Waals surface area contributed by atoms with Crippen LogP contribution in [0, 0.1) is 0 Å². The van der Waals surface area contributed by atoms with Gasteiger partial charge < -0.3 is 19.1 Å². The number of carbonyl (C=O) groups excluding carboxylic acids is 1. The van der Waals surface area contributed by atoms with Crippen LogP contribution in [0.3, 0.4) is 0 Å². The third kappa shape index (κ3) is 3.32. The zero-order valence-electron chi connectivity index (χ0n) is 17.4. The van der Waals surface area contributed by atoms with E-state index in [4.69, 9.17) is 14.2 Å². The van der Waals surface area contributed by atoms with Crippen molar-refractivity contribution in [2.45, 2.75) is 18.6 Å². The second-order valence-electron chi connectivity index (χ2n) is 7.63. The molecular formula is C26H23NO4. The van der Waals surface area contributed by atoms with E-state index in [1.54, 1.807) is 32.4 Å². The monoisotopic (exact) mass is 413 g/mol. The number of hydrogen-bond acceptors (Lipinski definition) is 5. The number of ether oxygens (including phenoxy) is 3. The highest BCUT2D eigenvalue weighted by Gasteiger charge is 2.39. The number of para-hydroxylation sites is 2. The fraction of sp³-hybridized carbons (Fsp3) is 0.192. The smallest absolute Gasteiger partial charge is 0.191 e. The Balaban J connectivity index is 1.59. The van der Waals surface area contributed by atoms with Crippen molar-refractivity contribution in [2.75, 3.05) is 19.1 Å². The van der Waals surface area contributed by atoms with Crippen LogP contribution in [0.15, 0.2) is 84.6 Å². The van der Waals surface area contributed by atoms with Crippen molar-refractivity contribution in [3.8, 4) is 17.2 Å². The molecule has 31 heavy (non-hydrogen) atoms. The van der Waals surface area contributed by atoms with Crippen molar-refractivity contribution in [1.82, 2.24) is 0 Å². The second-order valence-corrected chi connectivity index (χ2v) is 7.63. The molecule has 0 aliphatic carbocycles. The Morgan fingerprint density at radius 1 is 0.935 bits per heavy atom. The summed E-state index contributed by atoms with van der Waals surface area (Å²) in [7, 11) is 3.15. The van der Waals surface area contributed by atoms with E-state index in [9.17, 15) is 4.79 Å². The molecule has 0 fully saturated rings. The summed E-state index contributed by atoms with van der Waals surface area (Å²) < 4.78 is 16.9. The molecular weight excluding hydrogens is 390 g/mol. The van der Waals surface area contributed by atoms with E-state index in [0.29, 0.717) is 23.5 Å². The van der Waals surface area contributed by atoms with E-state index in [1.165, 1.54) is 0 Å². The van der Waals surface area contributed by atoms with E-state index in [-0.39, 0.29) is 17.9 Å². The van der Waals surface area contributed by atoms with Gasteiger partial charge in [0.1, 0.15) is 5.75 Å². The van der Waals surface area contributed by atoms with Gasteiger partial charge in [-0.2, -0.15) is 0 Å². The third-order valence-corrected chi connectivity index (χ3v) is 5.92. The molecule has 0 unspecified atom stereocenters. The molecule has 156 valence electrons. The van der Waals surface area contributed by atoms with Crippen molar-refractivity contribution < 1.29 is 19.0 Å². The summed E-state index contributed by atoms with van der Waals surface area (Å²) >= 11 is 0. The molecule has 5 nitrogen and oxygen atoms in total. The zero-order chi connectivity index (χ0) is 21.4. The number of allylic oxidation sites excluding steroid dienone is 1. The lowest BCUT2D eigenvalue weighted by Gasteiger charge is -2.33. The summed E-state index contributed by atoms with van der Waals surface area (Å²) in [6, 6.07) is 23.4. The number of anilines is 1. The number of fused-ring (bicyclic) bond motifs is 3. The summed E-state index contributed by atoms with van der Waals surface area (Å²) in [6.07, 6.45) is 2.50. The lowest BCUT2D eigenvalue weighted by atomic mass is 9.82. The average Bonchev–Trinajstić information content (AvgIpc) is 3.20. The van der Waals surface area contributed by atoms with E-state index in [2.05, 4.69) is 17.0 Å². The summed E-state index contributed by atoms with van der Waals surface area (Å²) in [4.78, 5) is 15.8. The van der Waals surface area contributed by atoms with E-state index in [0.717, 1.165) is 22.6 Å². The largest absolute Gasteiger partial charge is 0.493 e. The van der Waals surface area contributed by atoms with Crippen LogP contribution in [0.5, 0.6) is 17.2 Å². The van der Waals surface area contributed by atoms with Crippen LogP contribution >= 0.6 is 0 Å².